The lowest BCUT2D eigenvalue weighted by atomic mass is 9.66. The van der Waals surface area contributed by atoms with Crippen LogP contribution in [0.15, 0.2) is 24.3 Å². The number of nitrogens with zero attached hydrogens (tertiary/aromatic N) is 1. The van der Waals surface area contributed by atoms with Gasteiger partial charge in [-0.15, -0.1) is 0 Å². The second kappa shape index (κ2) is 7.80. The molecule has 0 saturated heterocycles. The van der Waals surface area contributed by atoms with E-state index in [1.807, 2.05) is 0 Å². The van der Waals surface area contributed by atoms with Gasteiger partial charge in [0.05, 0.1) is 34.4 Å². The summed E-state index contributed by atoms with van der Waals surface area (Å²) >= 11 is 0. The summed E-state index contributed by atoms with van der Waals surface area (Å²) in [5.41, 5.74) is 3.33. The summed E-state index contributed by atoms with van der Waals surface area (Å²) in [6.45, 7) is 12.1. The van der Waals surface area contributed by atoms with Gasteiger partial charge in [0.25, 0.3) is 0 Å². The van der Waals surface area contributed by atoms with Crippen LogP contribution in [-0.4, -0.2) is 45.4 Å². The van der Waals surface area contributed by atoms with E-state index in [4.69, 9.17) is 4.74 Å². The molecule has 0 aliphatic heterocycles. The Labute approximate surface area is 156 Å². The minimum absolute atomic E-state index is 0.196. The lowest BCUT2D eigenvalue weighted by Gasteiger charge is -2.41. The van der Waals surface area contributed by atoms with Crippen LogP contribution in [0.5, 0.6) is 0 Å². The molecular weight excluding hydrogens is 306 g/mol. The Bertz CT molecular complexity index is 552. The van der Waals surface area contributed by atoms with Gasteiger partial charge in [0.2, 0.25) is 0 Å². The van der Waals surface area contributed by atoms with Gasteiger partial charge in [0, 0.05) is 5.41 Å². The molecule has 1 saturated carbocycles. The summed E-state index contributed by atoms with van der Waals surface area (Å²) < 4.78 is 7.23. The SMILES string of the molecule is CC1CCCC(COCC[N+](C)(C)C)(c2cccc(C(C)(C)C)c2)C1. The molecule has 25 heavy (non-hydrogen) atoms. The molecule has 2 rings (SSSR count). The molecule has 0 bridgehead atoms. The van der Waals surface area contributed by atoms with Gasteiger partial charge in [-0.05, 0) is 35.3 Å². The first-order chi connectivity index (χ1) is 11.5. The lowest BCUT2D eigenvalue weighted by molar-refractivity contribution is -0.870. The molecule has 2 unspecified atom stereocenters. The van der Waals surface area contributed by atoms with Crippen molar-refractivity contribution in [3.63, 3.8) is 0 Å². The first-order valence-corrected chi connectivity index (χ1v) is 10.0. The number of quaternary nitrogens is 1. The fourth-order valence-corrected chi connectivity index (χ4v) is 4.06. The van der Waals surface area contributed by atoms with Crippen molar-refractivity contribution in [2.45, 2.75) is 64.2 Å². The van der Waals surface area contributed by atoms with Crippen LogP contribution in [0.3, 0.4) is 0 Å². The third-order valence-electron chi connectivity index (χ3n) is 5.72. The Morgan fingerprint density at radius 1 is 1.20 bits per heavy atom. The van der Waals surface area contributed by atoms with Gasteiger partial charge in [0.1, 0.15) is 6.54 Å². The van der Waals surface area contributed by atoms with Gasteiger partial charge >= 0.3 is 0 Å². The van der Waals surface area contributed by atoms with Gasteiger partial charge < -0.3 is 9.22 Å². The van der Waals surface area contributed by atoms with Crippen LogP contribution in [0.1, 0.15) is 64.5 Å². The fraction of sp³-hybridized carbons (Fsp3) is 0.739. The molecule has 2 nitrogen and oxygen atoms in total. The van der Waals surface area contributed by atoms with Crippen molar-refractivity contribution in [3.8, 4) is 0 Å². The van der Waals surface area contributed by atoms with E-state index < -0.39 is 0 Å². The van der Waals surface area contributed by atoms with Crippen molar-refractivity contribution >= 4 is 0 Å². The van der Waals surface area contributed by atoms with Crippen molar-refractivity contribution < 1.29 is 9.22 Å². The van der Waals surface area contributed by atoms with E-state index in [0.29, 0.717) is 0 Å². The van der Waals surface area contributed by atoms with Gasteiger partial charge in [-0.2, -0.15) is 0 Å². The van der Waals surface area contributed by atoms with E-state index in [-0.39, 0.29) is 10.8 Å². The topological polar surface area (TPSA) is 9.23 Å². The number of hydrogen-bond acceptors (Lipinski definition) is 1. The summed E-state index contributed by atoms with van der Waals surface area (Å²) in [4.78, 5) is 0. The number of likely N-dealkylation sites (N-methyl/N-ethyl adjacent to an activating group) is 1. The molecule has 1 aromatic rings. The van der Waals surface area contributed by atoms with Crippen LogP contribution in [0.2, 0.25) is 0 Å². The maximum atomic E-state index is 6.27. The second-order valence-corrected chi connectivity index (χ2v) is 10.4. The first kappa shape index (κ1) is 20.5. The molecular formula is C23H40NO+. The zero-order chi connectivity index (χ0) is 18.7. The number of ether oxygens (including phenoxy) is 1. The molecule has 2 heteroatoms. The van der Waals surface area contributed by atoms with E-state index >= 15 is 0 Å². The third-order valence-corrected chi connectivity index (χ3v) is 5.72. The predicted molar refractivity (Wildman–Crippen MR) is 108 cm³/mol. The molecule has 0 N–H and O–H groups in total. The average Bonchev–Trinajstić information content (AvgIpc) is 2.50. The fourth-order valence-electron chi connectivity index (χ4n) is 4.06. The second-order valence-electron chi connectivity index (χ2n) is 10.4. The van der Waals surface area contributed by atoms with Crippen molar-refractivity contribution in [2.24, 2.45) is 5.92 Å². The first-order valence-electron chi connectivity index (χ1n) is 10.0. The number of hydrogen-bond donors (Lipinski definition) is 0. The van der Waals surface area contributed by atoms with E-state index in [9.17, 15) is 0 Å². The standard InChI is InChI=1S/C23H40NO/c1-19-10-9-13-23(17-19,18-25-15-14-24(5,6)7)21-12-8-11-20(16-21)22(2,3)4/h8,11-12,16,19H,9-10,13-15,17-18H2,1-7H3/q+1. The summed E-state index contributed by atoms with van der Waals surface area (Å²) in [6, 6.07) is 9.34. The zero-order valence-corrected chi connectivity index (χ0v) is 17.7. The highest BCUT2D eigenvalue weighted by molar-refractivity contribution is 5.34. The molecule has 1 fully saturated rings. The zero-order valence-electron chi connectivity index (χ0n) is 17.7. The van der Waals surface area contributed by atoms with E-state index in [1.54, 1.807) is 0 Å². The van der Waals surface area contributed by atoms with Crippen molar-refractivity contribution in [2.75, 3.05) is 40.9 Å². The highest BCUT2D eigenvalue weighted by Gasteiger charge is 2.37. The minimum atomic E-state index is 0.196. The quantitative estimate of drug-likeness (QED) is 0.511. The van der Waals surface area contributed by atoms with E-state index in [2.05, 4.69) is 73.1 Å². The summed E-state index contributed by atoms with van der Waals surface area (Å²) in [7, 11) is 6.69. The molecule has 1 aliphatic carbocycles. The molecule has 0 radical (unpaired) electrons. The Hall–Kier alpha value is -0.860. The molecule has 1 aromatic carbocycles. The van der Waals surface area contributed by atoms with Crippen LogP contribution in [0, 0.1) is 5.92 Å². The van der Waals surface area contributed by atoms with Gasteiger partial charge in [-0.25, -0.2) is 0 Å². The lowest BCUT2D eigenvalue weighted by Crippen LogP contribution is -2.40. The highest BCUT2D eigenvalue weighted by atomic mass is 16.5. The van der Waals surface area contributed by atoms with Crippen LogP contribution in [0.25, 0.3) is 0 Å². The Balaban J connectivity index is 2.21. The smallest absolute Gasteiger partial charge is 0.102 e. The largest absolute Gasteiger partial charge is 0.375 e. The Morgan fingerprint density at radius 2 is 1.92 bits per heavy atom. The van der Waals surface area contributed by atoms with Crippen LogP contribution < -0.4 is 0 Å². The monoisotopic (exact) mass is 346 g/mol. The average molecular weight is 347 g/mol. The van der Waals surface area contributed by atoms with E-state index in [1.165, 1.54) is 36.8 Å². The minimum Gasteiger partial charge on any atom is -0.375 e. The van der Waals surface area contributed by atoms with Gasteiger partial charge in [-0.1, -0.05) is 64.8 Å². The highest BCUT2D eigenvalue weighted by Crippen LogP contribution is 2.43. The molecule has 142 valence electrons. The predicted octanol–water partition coefficient (Wildman–Crippen LogP) is 5.15. The molecule has 0 amide bonds. The van der Waals surface area contributed by atoms with Crippen molar-refractivity contribution in [3.05, 3.63) is 35.4 Å². The normalized spacial score (nSPS) is 25.2. The summed E-state index contributed by atoms with van der Waals surface area (Å²) in [5, 5.41) is 0. The third kappa shape index (κ3) is 5.82. The maximum absolute atomic E-state index is 6.27. The van der Waals surface area contributed by atoms with Crippen molar-refractivity contribution in [1.29, 1.82) is 0 Å². The summed E-state index contributed by atoms with van der Waals surface area (Å²) in [6.07, 6.45) is 5.19. The Kier molecular flexibility index (Phi) is 6.38. The number of rotatable bonds is 6. The van der Waals surface area contributed by atoms with Crippen LogP contribution in [-0.2, 0) is 15.6 Å². The van der Waals surface area contributed by atoms with E-state index in [0.717, 1.165) is 30.2 Å². The van der Waals surface area contributed by atoms with Gasteiger partial charge in [-0.3, -0.25) is 0 Å². The summed E-state index contributed by atoms with van der Waals surface area (Å²) in [5.74, 6) is 0.786. The molecule has 1 aliphatic rings. The molecule has 0 spiro atoms. The molecule has 0 heterocycles. The Morgan fingerprint density at radius 3 is 2.52 bits per heavy atom. The molecule has 2 atom stereocenters. The van der Waals surface area contributed by atoms with Crippen molar-refractivity contribution in [1.82, 2.24) is 0 Å². The number of benzene rings is 1. The molecule has 0 aromatic heterocycles. The van der Waals surface area contributed by atoms with Crippen LogP contribution >= 0.6 is 0 Å². The van der Waals surface area contributed by atoms with Gasteiger partial charge in [0.15, 0.2) is 0 Å². The maximum Gasteiger partial charge on any atom is 0.102 e. The van der Waals surface area contributed by atoms with Crippen LogP contribution in [0.4, 0.5) is 0 Å².